The summed E-state index contributed by atoms with van der Waals surface area (Å²) in [4.78, 5) is 0. The Morgan fingerprint density at radius 2 is 2.04 bits per heavy atom. The van der Waals surface area contributed by atoms with Gasteiger partial charge < -0.3 is 14.8 Å². The van der Waals surface area contributed by atoms with Gasteiger partial charge in [0.2, 0.25) is 0 Å². The van der Waals surface area contributed by atoms with Gasteiger partial charge in [-0.05, 0) is 48.1 Å². The summed E-state index contributed by atoms with van der Waals surface area (Å²) in [5.74, 6) is 1.17. The third-order valence-electron chi connectivity index (χ3n) is 3.37. The molecule has 0 atom stereocenters. The van der Waals surface area contributed by atoms with Crippen LogP contribution in [0, 0.1) is 0 Å². The molecule has 27 heavy (non-hydrogen) atoms. The first-order valence-electron chi connectivity index (χ1n) is 7.96. The van der Waals surface area contributed by atoms with E-state index in [0.29, 0.717) is 39.8 Å². The highest BCUT2D eigenvalue weighted by molar-refractivity contribution is 7.80. The Bertz CT molecular complexity index is 844. The summed E-state index contributed by atoms with van der Waals surface area (Å²) in [6.45, 7) is 4.47. The molecule has 0 spiro atoms. The van der Waals surface area contributed by atoms with Gasteiger partial charge >= 0.3 is 0 Å². The molecule has 0 heterocycles. The summed E-state index contributed by atoms with van der Waals surface area (Å²) in [5.41, 5.74) is 4.37. The molecule has 0 saturated heterocycles. The number of halogens is 2. The summed E-state index contributed by atoms with van der Waals surface area (Å²) in [7, 11) is 1.57. The molecule has 8 heteroatoms. The monoisotopic (exact) mass is 423 g/mol. The van der Waals surface area contributed by atoms with E-state index in [0.717, 1.165) is 11.1 Å². The van der Waals surface area contributed by atoms with E-state index >= 15 is 0 Å². The van der Waals surface area contributed by atoms with Crippen LogP contribution in [0.5, 0.6) is 11.5 Å². The summed E-state index contributed by atoms with van der Waals surface area (Å²) < 4.78 is 11.2. The minimum absolute atomic E-state index is 0.296. The highest BCUT2D eigenvalue weighted by atomic mass is 35.5. The number of benzene rings is 2. The summed E-state index contributed by atoms with van der Waals surface area (Å²) in [6.07, 6.45) is 3.34. The van der Waals surface area contributed by atoms with Crippen LogP contribution in [0.2, 0.25) is 10.0 Å². The minimum atomic E-state index is 0.296. The molecule has 0 aliphatic carbocycles. The molecule has 2 rings (SSSR count). The smallest absolute Gasteiger partial charge is 0.187 e. The first-order valence-corrected chi connectivity index (χ1v) is 9.12. The average Bonchev–Trinajstić information content (AvgIpc) is 2.66. The molecule has 0 bridgehead atoms. The van der Waals surface area contributed by atoms with Gasteiger partial charge in [0.05, 0.1) is 13.3 Å². The van der Waals surface area contributed by atoms with Crippen molar-refractivity contribution < 1.29 is 9.47 Å². The predicted octanol–water partition coefficient (Wildman–Crippen LogP) is 4.57. The predicted molar refractivity (Wildman–Crippen MR) is 115 cm³/mol. The van der Waals surface area contributed by atoms with Crippen molar-refractivity contribution in [2.45, 2.75) is 6.61 Å². The first kappa shape index (κ1) is 21.0. The largest absolute Gasteiger partial charge is 0.493 e. The maximum Gasteiger partial charge on any atom is 0.187 e. The van der Waals surface area contributed by atoms with Crippen molar-refractivity contribution in [3.05, 3.63) is 70.2 Å². The molecule has 0 aromatic heterocycles. The van der Waals surface area contributed by atoms with E-state index < -0.39 is 0 Å². The van der Waals surface area contributed by atoms with E-state index in [-0.39, 0.29) is 0 Å². The molecule has 0 aliphatic rings. The van der Waals surface area contributed by atoms with Crippen LogP contribution in [0.25, 0.3) is 0 Å². The van der Waals surface area contributed by atoms with Crippen molar-refractivity contribution in [1.29, 1.82) is 0 Å². The number of methoxy groups -OCH3 is 1. The third-order valence-corrected chi connectivity index (χ3v) is 4.20. The van der Waals surface area contributed by atoms with Crippen LogP contribution in [0.15, 0.2) is 54.2 Å². The van der Waals surface area contributed by atoms with Crippen molar-refractivity contribution in [3.63, 3.8) is 0 Å². The molecule has 0 fully saturated rings. The van der Waals surface area contributed by atoms with Crippen molar-refractivity contribution in [3.8, 4) is 11.5 Å². The van der Waals surface area contributed by atoms with Crippen molar-refractivity contribution in [1.82, 2.24) is 10.7 Å². The van der Waals surface area contributed by atoms with Gasteiger partial charge in [0, 0.05) is 22.2 Å². The van der Waals surface area contributed by atoms with Crippen LogP contribution in [-0.4, -0.2) is 25.0 Å². The van der Waals surface area contributed by atoms with Crippen molar-refractivity contribution >= 4 is 46.7 Å². The number of thiocarbonyl (C=S) groups is 1. The number of hydrogen-bond donors (Lipinski definition) is 2. The summed E-state index contributed by atoms with van der Waals surface area (Å²) >= 11 is 17.1. The molecule has 2 aromatic carbocycles. The highest BCUT2D eigenvalue weighted by Gasteiger charge is 2.08. The SMILES string of the molecule is C=CCNC(=S)N/N=C/c1ccc(OCc2ccc(Cl)cc2Cl)c(OC)c1. The van der Waals surface area contributed by atoms with Gasteiger partial charge in [0.25, 0.3) is 0 Å². The first-order chi connectivity index (χ1) is 13.0. The van der Waals surface area contributed by atoms with E-state index in [1.54, 1.807) is 37.6 Å². The fourth-order valence-corrected chi connectivity index (χ4v) is 2.65. The number of nitrogens with zero attached hydrogens (tertiary/aromatic N) is 1. The molecule has 0 unspecified atom stereocenters. The van der Waals surface area contributed by atoms with Crippen LogP contribution in [0.4, 0.5) is 0 Å². The molecule has 5 nitrogen and oxygen atoms in total. The van der Waals surface area contributed by atoms with Gasteiger partial charge in [-0.1, -0.05) is 35.3 Å². The maximum atomic E-state index is 6.17. The quantitative estimate of drug-likeness (QED) is 0.282. The zero-order chi connectivity index (χ0) is 19.6. The topological polar surface area (TPSA) is 54.9 Å². The standard InChI is InChI=1S/C19H19Cl2N3O2S/c1-3-8-22-19(27)24-23-11-13-4-7-17(18(9-13)25-2)26-12-14-5-6-15(20)10-16(14)21/h3-7,9-11H,1,8,12H2,2H3,(H2,22,24,27)/b23-11+. The number of ether oxygens (including phenoxy) is 2. The van der Waals surface area contributed by atoms with Crippen LogP contribution >= 0.6 is 35.4 Å². The van der Waals surface area contributed by atoms with E-state index in [1.165, 1.54) is 0 Å². The lowest BCUT2D eigenvalue weighted by Gasteiger charge is -2.12. The lowest BCUT2D eigenvalue weighted by atomic mass is 10.2. The fourth-order valence-electron chi connectivity index (χ4n) is 2.05. The lowest BCUT2D eigenvalue weighted by Crippen LogP contribution is -2.31. The molecule has 0 amide bonds. The molecule has 0 saturated carbocycles. The Hall–Kier alpha value is -2.28. The summed E-state index contributed by atoms with van der Waals surface area (Å²) in [6, 6.07) is 10.7. The molecule has 0 radical (unpaired) electrons. The number of hydrogen-bond acceptors (Lipinski definition) is 4. The molecular weight excluding hydrogens is 405 g/mol. The molecule has 0 aliphatic heterocycles. The second-order valence-electron chi connectivity index (χ2n) is 5.30. The molecule has 2 N–H and O–H groups in total. The van der Waals surface area contributed by atoms with Crippen LogP contribution in [0.1, 0.15) is 11.1 Å². The Morgan fingerprint density at radius 3 is 2.74 bits per heavy atom. The zero-order valence-electron chi connectivity index (χ0n) is 14.7. The second-order valence-corrected chi connectivity index (χ2v) is 6.56. The van der Waals surface area contributed by atoms with Gasteiger partial charge in [0.1, 0.15) is 6.61 Å². The lowest BCUT2D eigenvalue weighted by molar-refractivity contribution is 0.284. The normalized spacial score (nSPS) is 10.5. The maximum absolute atomic E-state index is 6.17. The van der Waals surface area contributed by atoms with Gasteiger partial charge in [-0.25, -0.2) is 0 Å². The average molecular weight is 424 g/mol. The van der Waals surface area contributed by atoms with E-state index in [1.807, 2.05) is 18.2 Å². The Balaban J connectivity index is 2.00. The van der Waals surface area contributed by atoms with Crippen LogP contribution in [-0.2, 0) is 6.61 Å². The van der Waals surface area contributed by atoms with Crippen LogP contribution in [0.3, 0.4) is 0 Å². The van der Waals surface area contributed by atoms with Gasteiger partial charge in [-0.2, -0.15) is 5.10 Å². The van der Waals surface area contributed by atoms with Crippen molar-refractivity contribution in [2.24, 2.45) is 5.10 Å². The highest BCUT2D eigenvalue weighted by Crippen LogP contribution is 2.29. The number of nitrogens with one attached hydrogen (secondary N) is 2. The zero-order valence-corrected chi connectivity index (χ0v) is 17.0. The Labute approximate surface area is 174 Å². The third kappa shape index (κ3) is 6.75. The Kier molecular flexibility index (Phi) is 8.39. The Morgan fingerprint density at radius 1 is 1.22 bits per heavy atom. The van der Waals surface area contributed by atoms with E-state index in [2.05, 4.69) is 22.4 Å². The molecule has 142 valence electrons. The minimum Gasteiger partial charge on any atom is -0.493 e. The molecule has 2 aromatic rings. The molecular formula is C19H19Cl2N3O2S. The van der Waals surface area contributed by atoms with E-state index in [4.69, 9.17) is 44.9 Å². The van der Waals surface area contributed by atoms with Crippen LogP contribution < -0.4 is 20.2 Å². The van der Waals surface area contributed by atoms with Gasteiger partial charge in [-0.3, -0.25) is 5.43 Å². The van der Waals surface area contributed by atoms with Gasteiger partial charge in [-0.15, -0.1) is 6.58 Å². The number of hydrazone groups is 1. The van der Waals surface area contributed by atoms with E-state index in [9.17, 15) is 0 Å². The number of rotatable bonds is 8. The fraction of sp³-hybridized carbons (Fsp3) is 0.158. The van der Waals surface area contributed by atoms with Gasteiger partial charge in [0.15, 0.2) is 16.6 Å². The summed E-state index contributed by atoms with van der Waals surface area (Å²) in [5, 5.41) is 8.54. The van der Waals surface area contributed by atoms with Crippen molar-refractivity contribution in [2.75, 3.05) is 13.7 Å². The second kappa shape index (κ2) is 10.8.